The summed E-state index contributed by atoms with van der Waals surface area (Å²) in [5.74, 6) is 0.747. The summed E-state index contributed by atoms with van der Waals surface area (Å²) in [5.41, 5.74) is 9.49. The van der Waals surface area contributed by atoms with Crippen LogP contribution in [0.2, 0.25) is 0 Å². The number of likely N-dealkylation sites (tertiary alicyclic amines) is 1. The van der Waals surface area contributed by atoms with Crippen molar-refractivity contribution < 1.29 is 14.4 Å². The first-order chi connectivity index (χ1) is 20.9. The lowest BCUT2D eigenvalue weighted by Gasteiger charge is -2.32. The molecule has 6 rings (SSSR count). The maximum absolute atomic E-state index is 12.1. The summed E-state index contributed by atoms with van der Waals surface area (Å²) in [4.78, 5) is 55.3. The number of benzene rings is 1. The molecule has 1 aromatic carbocycles. The second-order valence-corrected chi connectivity index (χ2v) is 11.4. The fraction of sp³-hybridized carbons (Fsp3) is 0.419. The Balaban J connectivity index is 1.03. The van der Waals surface area contributed by atoms with E-state index in [9.17, 15) is 14.4 Å². The van der Waals surface area contributed by atoms with Crippen LogP contribution in [0.1, 0.15) is 66.2 Å². The molecule has 12 nitrogen and oxygen atoms in total. The quantitative estimate of drug-likeness (QED) is 0.362. The smallest absolute Gasteiger partial charge is 0.328 e. The van der Waals surface area contributed by atoms with E-state index in [4.69, 9.17) is 10.7 Å². The molecule has 4 N–H and O–H groups in total. The number of carbonyl (C=O) groups excluding carboxylic acids is 3. The van der Waals surface area contributed by atoms with Gasteiger partial charge in [-0.3, -0.25) is 29.7 Å². The fourth-order valence-corrected chi connectivity index (χ4v) is 6.03. The van der Waals surface area contributed by atoms with Gasteiger partial charge in [-0.1, -0.05) is 12.1 Å². The second kappa shape index (κ2) is 12.7. The van der Waals surface area contributed by atoms with Crippen LogP contribution in [0.4, 0.5) is 27.8 Å². The van der Waals surface area contributed by atoms with Gasteiger partial charge in [0.05, 0.1) is 23.8 Å². The van der Waals surface area contributed by atoms with Crippen LogP contribution in [-0.2, 0) is 11.3 Å². The van der Waals surface area contributed by atoms with E-state index in [-0.39, 0.29) is 11.6 Å². The molecule has 5 heterocycles. The molecule has 0 radical (unpaired) electrons. The van der Waals surface area contributed by atoms with Crippen molar-refractivity contribution in [2.24, 2.45) is 5.73 Å². The molecular formula is C31H37N9O3. The van der Waals surface area contributed by atoms with Gasteiger partial charge in [0.15, 0.2) is 11.5 Å². The number of nitrogens with two attached hydrogens (primary N) is 1. The van der Waals surface area contributed by atoms with Gasteiger partial charge < -0.3 is 16.0 Å². The van der Waals surface area contributed by atoms with E-state index in [1.165, 1.54) is 12.0 Å². The predicted octanol–water partition coefficient (Wildman–Crippen LogP) is 3.53. The molecule has 4 amide bonds. The summed E-state index contributed by atoms with van der Waals surface area (Å²) in [6.45, 7) is 4.91. The normalized spacial score (nSPS) is 18.4. The van der Waals surface area contributed by atoms with Crippen molar-refractivity contribution in [2.75, 3.05) is 47.8 Å². The Morgan fingerprint density at radius 2 is 1.70 bits per heavy atom. The van der Waals surface area contributed by atoms with Crippen LogP contribution in [0.25, 0.3) is 0 Å². The third-order valence-electron chi connectivity index (χ3n) is 8.47. The molecule has 0 unspecified atom stereocenters. The van der Waals surface area contributed by atoms with E-state index >= 15 is 0 Å². The number of anilines is 4. The number of primary amides is 1. The Morgan fingerprint density at radius 1 is 0.930 bits per heavy atom. The van der Waals surface area contributed by atoms with Crippen molar-refractivity contribution in [3.05, 3.63) is 65.7 Å². The first kappa shape index (κ1) is 28.5. The number of hydrogen-bond acceptors (Lipinski definition) is 9. The number of urea groups is 1. The highest BCUT2D eigenvalue weighted by atomic mass is 16.2. The summed E-state index contributed by atoms with van der Waals surface area (Å²) in [5, 5.41) is 5.61. The average Bonchev–Trinajstić information content (AvgIpc) is 3.03. The lowest BCUT2D eigenvalue weighted by atomic mass is 9.89. The molecule has 43 heavy (non-hydrogen) atoms. The van der Waals surface area contributed by atoms with Gasteiger partial charge >= 0.3 is 6.03 Å². The highest BCUT2D eigenvalue weighted by Gasteiger charge is 2.25. The van der Waals surface area contributed by atoms with Crippen molar-refractivity contribution in [2.45, 2.75) is 51.0 Å². The lowest BCUT2D eigenvalue weighted by Crippen LogP contribution is -2.49. The summed E-state index contributed by atoms with van der Waals surface area (Å²) in [6.07, 6.45) is 9.18. The van der Waals surface area contributed by atoms with Crippen molar-refractivity contribution in [1.82, 2.24) is 25.2 Å². The Kier molecular flexibility index (Phi) is 8.45. The number of aromatic nitrogens is 3. The van der Waals surface area contributed by atoms with Crippen LogP contribution >= 0.6 is 0 Å². The van der Waals surface area contributed by atoms with E-state index in [0.717, 1.165) is 75.6 Å². The molecule has 0 saturated carbocycles. The number of hydrogen-bond donors (Lipinski definition) is 3. The zero-order valence-corrected chi connectivity index (χ0v) is 24.2. The molecule has 3 aliphatic heterocycles. The van der Waals surface area contributed by atoms with E-state index in [0.29, 0.717) is 30.4 Å². The highest BCUT2D eigenvalue weighted by molar-refractivity contribution is 6.05. The van der Waals surface area contributed by atoms with E-state index in [1.54, 1.807) is 17.3 Å². The third kappa shape index (κ3) is 6.75. The summed E-state index contributed by atoms with van der Waals surface area (Å²) in [7, 11) is 0. The molecule has 0 atom stereocenters. The maximum Gasteiger partial charge on any atom is 0.328 e. The largest absolute Gasteiger partial charge is 0.364 e. The van der Waals surface area contributed by atoms with Gasteiger partial charge in [-0.2, -0.15) is 0 Å². The van der Waals surface area contributed by atoms with Gasteiger partial charge in [-0.15, -0.1) is 0 Å². The molecule has 0 spiro atoms. The average molecular weight is 584 g/mol. The summed E-state index contributed by atoms with van der Waals surface area (Å²) >= 11 is 0. The predicted molar refractivity (Wildman–Crippen MR) is 163 cm³/mol. The maximum atomic E-state index is 12.1. The molecule has 12 heteroatoms. The number of amides is 4. The van der Waals surface area contributed by atoms with Crippen LogP contribution in [-0.4, -0.2) is 70.4 Å². The third-order valence-corrected chi connectivity index (χ3v) is 8.47. The number of pyridine rings is 1. The monoisotopic (exact) mass is 583 g/mol. The Labute approximate surface area is 250 Å². The van der Waals surface area contributed by atoms with E-state index in [2.05, 4.69) is 42.5 Å². The van der Waals surface area contributed by atoms with Gasteiger partial charge in [0, 0.05) is 38.3 Å². The Bertz CT molecular complexity index is 1460. The number of imide groups is 1. The van der Waals surface area contributed by atoms with Crippen molar-refractivity contribution in [3.8, 4) is 0 Å². The zero-order chi connectivity index (χ0) is 29.8. The number of carbonyl (C=O) groups is 3. The molecule has 2 aromatic heterocycles. The summed E-state index contributed by atoms with van der Waals surface area (Å²) < 4.78 is 0. The number of piperidine rings is 2. The second-order valence-electron chi connectivity index (χ2n) is 11.4. The first-order valence-corrected chi connectivity index (χ1v) is 15.0. The minimum atomic E-state index is -0.609. The molecular weight excluding hydrogens is 546 g/mol. The van der Waals surface area contributed by atoms with Crippen LogP contribution in [0.5, 0.6) is 0 Å². The number of nitrogens with one attached hydrogen (secondary N) is 2. The molecule has 0 aliphatic carbocycles. The molecule has 224 valence electrons. The van der Waals surface area contributed by atoms with Gasteiger partial charge in [-0.05, 0) is 80.9 Å². The number of rotatable bonds is 8. The van der Waals surface area contributed by atoms with Crippen molar-refractivity contribution >= 4 is 40.9 Å². The molecule has 3 aliphatic rings. The van der Waals surface area contributed by atoms with E-state index in [1.807, 2.05) is 24.3 Å². The van der Waals surface area contributed by atoms with Crippen molar-refractivity contribution in [1.29, 1.82) is 0 Å². The topological polar surface area (TPSA) is 150 Å². The standard InChI is InChI=1S/C31H37N9O3/c32-29(42)28-30(36-26(19-34-28)39-13-2-1-3-14-39)35-23-6-4-21(5-7-23)22-10-15-38(16-11-22)20-24-8-9-25(18-33-24)40-17-12-27(41)37-31(40)43/h4-9,18-19,22H,1-3,10-17,20H2,(H2,32,42)(H,35,36)(H,37,41,43). The Morgan fingerprint density at radius 3 is 2.37 bits per heavy atom. The lowest BCUT2D eigenvalue weighted by molar-refractivity contribution is -0.120. The van der Waals surface area contributed by atoms with Crippen molar-refractivity contribution in [3.63, 3.8) is 0 Å². The molecule has 3 fully saturated rings. The molecule has 0 bridgehead atoms. The van der Waals surface area contributed by atoms with Gasteiger partial charge in [0.1, 0.15) is 5.82 Å². The molecule has 3 saturated heterocycles. The van der Waals surface area contributed by atoms with E-state index < -0.39 is 11.9 Å². The van der Waals surface area contributed by atoms with Gasteiger partial charge in [0.2, 0.25) is 5.91 Å². The highest BCUT2D eigenvalue weighted by Crippen LogP contribution is 2.30. The van der Waals surface area contributed by atoms with Crippen LogP contribution in [0, 0.1) is 0 Å². The number of nitrogens with zero attached hydrogens (tertiary/aromatic N) is 6. The Hall–Kier alpha value is -4.58. The van der Waals surface area contributed by atoms with Crippen LogP contribution < -0.4 is 26.2 Å². The first-order valence-electron chi connectivity index (χ1n) is 15.0. The van der Waals surface area contributed by atoms with Crippen LogP contribution in [0.3, 0.4) is 0 Å². The van der Waals surface area contributed by atoms with Crippen LogP contribution in [0.15, 0.2) is 48.8 Å². The fourth-order valence-electron chi connectivity index (χ4n) is 6.03. The molecule has 3 aromatic rings. The zero-order valence-electron chi connectivity index (χ0n) is 24.2. The van der Waals surface area contributed by atoms with Gasteiger partial charge in [0.25, 0.3) is 5.91 Å². The minimum Gasteiger partial charge on any atom is -0.364 e. The van der Waals surface area contributed by atoms with Gasteiger partial charge in [-0.25, -0.2) is 14.8 Å². The SMILES string of the molecule is NC(=O)c1ncc(N2CCCCC2)nc1Nc1ccc(C2CCN(Cc3ccc(N4CCC(=O)NC4=O)cn3)CC2)cc1. The summed E-state index contributed by atoms with van der Waals surface area (Å²) in [6, 6.07) is 11.8. The minimum absolute atomic E-state index is 0.134.